The molecule has 18 heavy (non-hydrogen) atoms. The van der Waals surface area contributed by atoms with E-state index in [2.05, 4.69) is 14.6 Å². The average molecular weight is 267 g/mol. The van der Waals surface area contributed by atoms with Crippen molar-refractivity contribution in [3.05, 3.63) is 12.3 Å². The van der Waals surface area contributed by atoms with Crippen molar-refractivity contribution in [3.63, 3.8) is 0 Å². The Morgan fingerprint density at radius 2 is 2.17 bits per heavy atom. The average Bonchev–Trinajstić information content (AvgIpc) is 2.61. The first-order valence-corrected chi connectivity index (χ1v) is 4.96. The van der Waals surface area contributed by atoms with E-state index >= 15 is 0 Å². The van der Waals surface area contributed by atoms with Gasteiger partial charge >= 0.3 is 12.1 Å². The Morgan fingerprint density at radius 3 is 2.72 bits per heavy atom. The Bertz CT molecular complexity index is 392. The number of aromatic nitrogens is 2. The topological polar surface area (TPSA) is 79.4 Å². The highest BCUT2D eigenvalue weighted by Crippen LogP contribution is 2.14. The summed E-state index contributed by atoms with van der Waals surface area (Å²) >= 11 is 0. The standard InChI is InChI=1S/C9H12F3N3O3/c10-9(11,12)6-17-3-4-18-8(16)5-15-2-1-7(13)14-15/h1-2H,3-6H2,(H2,13,14). The molecule has 0 radical (unpaired) electrons. The quantitative estimate of drug-likeness (QED) is 0.602. The van der Waals surface area contributed by atoms with Gasteiger partial charge in [0.25, 0.3) is 0 Å². The number of carbonyl (C=O) groups is 1. The predicted molar refractivity (Wildman–Crippen MR) is 54.5 cm³/mol. The van der Waals surface area contributed by atoms with Gasteiger partial charge < -0.3 is 15.2 Å². The minimum absolute atomic E-state index is 0.156. The van der Waals surface area contributed by atoms with Crippen LogP contribution < -0.4 is 5.73 Å². The molecule has 0 saturated carbocycles. The number of ether oxygens (including phenoxy) is 2. The van der Waals surface area contributed by atoms with Gasteiger partial charge in [0, 0.05) is 6.20 Å². The van der Waals surface area contributed by atoms with Crippen molar-refractivity contribution in [1.82, 2.24) is 9.78 Å². The first kappa shape index (κ1) is 14.3. The van der Waals surface area contributed by atoms with E-state index in [1.165, 1.54) is 16.9 Å². The van der Waals surface area contributed by atoms with Crippen LogP contribution in [-0.2, 0) is 20.8 Å². The summed E-state index contributed by atoms with van der Waals surface area (Å²) in [6.45, 7) is -2.07. The largest absolute Gasteiger partial charge is 0.462 e. The van der Waals surface area contributed by atoms with Crippen LogP contribution in [0.4, 0.5) is 19.0 Å². The molecule has 0 fully saturated rings. The van der Waals surface area contributed by atoms with Gasteiger partial charge in [-0.05, 0) is 6.07 Å². The molecule has 9 heteroatoms. The van der Waals surface area contributed by atoms with Crippen LogP contribution in [0.15, 0.2) is 12.3 Å². The zero-order valence-corrected chi connectivity index (χ0v) is 9.31. The molecule has 0 atom stereocenters. The van der Waals surface area contributed by atoms with E-state index in [1.807, 2.05) is 0 Å². The second kappa shape index (κ2) is 6.24. The van der Waals surface area contributed by atoms with E-state index in [1.54, 1.807) is 0 Å². The van der Waals surface area contributed by atoms with Gasteiger partial charge in [-0.25, -0.2) is 0 Å². The van der Waals surface area contributed by atoms with Gasteiger partial charge in [0.1, 0.15) is 25.6 Å². The molecule has 0 saturated heterocycles. The van der Waals surface area contributed by atoms with Gasteiger partial charge in [0.15, 0.2) is 0 Å². The van der Waals surface area contributed by atoms with Gasteiger partial charge in [-0.3, -0.25) is 9.48 Å². The summed E-state index contributed by atoms with van der Waals surface area (Å²) in [5.74, 6) is -0.370. The molecular weight excluding hydrogens is 255 g/mol. The Hall–Kier alpha value is -1.77. The molecule has 0 bridgehead atoms. The van der Waals surface area contributed by atoms with Gasteiger partial charge in [-0.2, -0.15) is 18.3 Å². The number of nitrogens with two attached hydrogens (primary N) is 1. The fourth-order valence-electron chi connectivity index (χ4n) is 1.05. The maximum Gasteiger partial charge on any atom is 0.411 e. The smallest absolute Gasteiger partial charge is 0.411 e. The van der Waals surface area contributed by atoms with Crippen molar-refractivity contribution in [3.8, 4) is 0 Å². The molecule has 1 aromatic rings. The number of halogens is 3. The molecule has 0 aliphatic rings. The minimum Gasteiger partial charge on any atom is -0.462 e. The van der Waals surface area contributed by atoms with E-state index in [-0.39, 0.29) is 25.6 Å². The zero-order chi connectivity index (χ0) is 13.6. The predicted octanol–water partition coefficient (Wildman–Crippen LogP) is 0.587. The SMILES string of the molecule is Nc1ccn(CC(=O)OCCOCC(F)(F)F)n1. The van der Waals surface area contributed by atoms with Crippen LogP contribution in [0, 0.1) is 0 Å². The van der Waals surface area contributed by atoms with Crippen LogP contribution in [0.2, 0.25) is 0 Å². The number of esters is 1. The third-order valence-corrected chi connectivity index (χ3v) is 1.71. The van der Waals surface area contributed by atoms with Crippen molar-refractivity contribution in [2.24, 2.45) is 0 Å². The molecule has 6 nitrogen and oxygen atoms in total. The van der Waals surface area contributed by atoms with E-state index in [0.717, 1.165) is 0 Å². The van der Waals surface area contributed by atoms with Crippen molar-refractivity contribution >= 4 is 11.8 Å². The molecule has 102 valence electrons. The van der Waals surface area contributed by atoms with Gasteiger partial charge in [-0.15, -0.1) is 0 Å². The lowest BCUT2D eigenvalue weighted by atomic mass is 10.6. The molecule has 2 N–H and O–H groups in total. The third kappa shape index (κ3) is 6.09. The Kier molecular flexibility index (Phi) is 4.95. The third-order valence-electron chi connectivity index (χ3n) is 1.71. The number of rotatable bonds is 6. The van der Waals surface area contributed by atoms with E-state index in [4.69, 9.17) is 5.73 Å². The summed E-state index contributed by atoms with van der Waals surface area (Å²) < 4.78 is 45.2. The Morgan fingerprint density at radius 1 is 1.44 bits per heavy atom. The van der Waals surface area contributed by atoms with Crippen molar-refractivity contribution in [2.45, 2.75) is 12.7 Å². The normalized spacial score (nSPS) is 11.5. The number of hydrogen-bond donors (Lipinski definition) is 1. The number of alkyl halides is 3. The lowest BCUT2D eigenvalue weighted by Crippen LogP contribution is -2.21. The van der Waals surface area contributed by atoms with Crippen LogP contribution in [0.25, 0.3) is 0 Å². The van der Waals surface area contributed by atoms with Crippen molar-refractivity contribution in [2.75, 3.05) is 25.6 Å². The highest BCUT2D eigenvalue weighted by Gasteiger charge is 2.27. The maximum atomic E-state index is 11.7. The number of carbonyl (C=O) groups excluding carboxylic acids is 1. The summed E-state index contributed by atoms with van der Waals surface area (Å²) in [5.41, 5.74) is 5.32. The summed E-state index contributed by atoms with van der Waals surface area (Å²) in [6, 6.07) is 1.50. The molecule has 1 rings (SSSR count). The fourth-order valence-corrected chi connectivity index (χ4v) is 1.05. The van der Waals surface area contributed by atoms with Crippen molar-refractivity contribution in [1.29, 1.82) is 0 Å². The van der Waals surface area contributed by atoms with Crippen LogP contribution >= 0.6 is 0 Å². The Balaban J connectivity index is 2.11. The number of hydrogen-bond acceptors (Lipinski definition) is 5. The van der Waals surface area contributed by atoms with Gasteiger partial charge in [0.2, 0.25) is 0 Å². The molecule has 0 aromatic carbocycles. The van der Waals surface area contributed by atoms with E-state index < -0.39 is 18.8 Å². The highest BCUT2D eigenvalue weighted by atomic mass is 19.4. The molecular formula is C9H12F3N3O3. The lowest BCUT2D eigenvalue weighted by Gasteiger charge is -2.08. The van der Waals surface area contributed by atoms with E-state index in [9.17, 15) is 18.0 Å². The second-order valence-electron chi connectivity index (χ2n) is 3.33. The summed E-state index contributed by atoms with van der Waals surface area (Å²) in [6.07, 6.45) is -2.90. The minimum atomic E-state index is -4.38. The number of anilines is 1. The maximum absolute atomic E-state index is 11.7. The molecule has 0 aliphatic carbocycles. The number of nitrogen functional groups attached to an aromatic ring is 1. The summed E-state index contributed by atoms with van der Waals surface area (Å²) in [7, 11) is 0. The summed E-state index contributed by atoms with van der Waals surface area (Å²) in [4.78, 5) is 11.2. The highest BCUT2D eigenvalue weighted by molar-refractivity contribution is 5.69. The Labute approximate surface area is 100 Å². The first-order valence-electron chi connectivity index (χ1n) is 4.96. The molecule has 0 unspecified atom stereocenters. The monoisotopic (exact) mass is 267 g/mol. The molecule has 1 heterocycles. The molecule has 1 aromatic heterocycles. The van der Waals surface area contributed by atoms with E-state index in [0.29, 0.717) is 0 Å². The molecule has 0 aliphatic heterocycles. The van der Waals surface area contributed by atoms with Crippen LogP contribution in [0.1, 0.15) is 0 Å². The molecule has 0 amide bonds. The van der Waals surface area contributed by atoms with Crippen LogP contribution in [-0.4, -0.2) is 41.7 Å². The fraction of sp³-hybridized carbons (Fsp3) is 0.556. The van der Waals surface area contributed by atoms with Crippen LogP contribution in [0.3, 0.4) is 0 Å². The van der Waals surface area contributed by atoms with Crippen molar-refractivity contribution < 1.29 is 27.4 Å². The van der Waals surface area contributed by atoms with Gasteiger partial charge in [-0.1, -0.05) is 0 Å². The zero-order valence-electron chi connectivity index (χ0n) is 9.31. The van der Waals surface area contributed by atoms with Gasteiger partial charge in [0.05, 0.1) is 6.61 Å². The number of nitrogens with zero attached hydrogens (tertiary/aromatic N) is 2. The van der Waals surface area contributed by atoms with Crippen LogP contribution in [0.5, 0.6) is 0 Å². The molecule has 0 spiro atoms. The summed E-state index contributed by atoms with van der Waals surface area (Å²) in [5, 5.41) is 3.74. The first-order chi connectivity index (χ1) is 8.37. The lowest BCUT2D eigenvalue weighted by molar-refractivity contribution is -0.177. The second-order valence-corrected chi connectivity index (χ2v) is 3.33.